The lowest BCUT2D eigenvalue weighted by atomic mass is 9.67. The van der Waals surface area contributed by atoms with Crippen molar-refractivity contribution in [3.05, 3.63) is 0 Å². The minimum absolute atomic E-state index is 1.34. The van der Waals surface area contributed by atoms with E-state index in [9.17, 15) is 79.4 Å². The Morgan fingerprint density at radius 1 is 0.581 bits per heavy atom. The van der Waals surface area contributed by atoms with Crippen LogP contribution in [0.1, 0.15) is 0 Å². The molecule has 0 spiro atoms. The van der Waals surface area contributed by atoms with Crippen LogP contribution in [0.2, 0.25) is 0 Å². The van der Waals surface area contributed by atoms with E-state index in [1.54, 1.807) is 0 Å². The maximum atomic E-state index is 14.3. The first-order chi connectivity index (χ1) is 13.1. The first-order valence-electron chi connectivity index (χ1n) is 6.46. The van der Waals surface area contributed by atoms with E-state index in [1.807, 2.05) is 0 Å². The van der Waals surface area contributed by atoms with E-state index in [4.69, 9.17) is 5.11 Å². The molecule has 0 aliphatic heterocycles. The van der Waals surface area contributed by atoms with Gasteiger partial charge in [-0.05, 0) is 0 Å². The van der Waals surface area contributed by atoms with Crippen molar-refractivity contribution in [2.75, 3.05) is 0 Å². The fraction of sp³-hybridized carbons (Fsp3) is 0.900. The average molecular weight is 508 g/mol. The minimum Gasteiger partial charge on any atom is -0.477 e. The van der Waals surface area contributed by atoms with E-state index in [0.29, 0.717) is 0 Å². The van der Waals surface area contributed by atoms with Crippen molar-refractivity contribution in [2.45, 2.75) is 53.8 Å². The normalized spacial score (nSPS) is 35.6. The summed E-state index contributed by atoms with van der Waals surface area (Å²) in [5.74, 6) is -53.9. The lowest BCUT2D eigenvalue weighted by Gasteiger charge is -2.57. The van der Waals surface area contributed by atoms with Gasteiger partial charge in [0.2, 0.25) is 0 Å². The molecule has 1 aliphatic carbocycles. The number of carboxylic acids is 1. The average Bonchev–Trinajstić information content (AvgIpc) is 2.48. The van der Waals surface area contributed by atoms with Crippen molar-refractivity contribution in [2.24, 2.45) is 0 Å². The second-order valence-electron chi connectivity index (χ2n) is 5.55. The van der Waals surface area contributed by atoms with Gasteiger partial charge < -0.3 is 5.11 Å². The Labute approximate surface area is 155 Å². The summed E-state index contributed by atoms with van der Waals surface area (Å²) in [5, 5.41) is 7.92. The van der Waals surface area contributed by atoms with Crippen molar-refractivity contribution in [3.8, 4) is 0 Å². The summed E-state index contributed by atoms with van der Waals surface area (Å²) in [7, 11) is 0. The van der Waals surface area contributed by atoms with Crippen molar-refractivity contribution >= 4 is 5.97 Å². The van der Waals surface area contributed by atoms with Crippen molar-refractivity contribution in [3.63, 3.8) is 0 Å². The number of aliphatic carboxylic acids is 1. The zero-order chi connectivity index (χ0) is 25.5. The number of hydrogen-bond donors (Lipinski definition) is 1. The van der Waals surface area contributed by atoms with Crippen LogP contribution in [0.4, 0.5) is 74.6 Å². The Morgan fingerprint density at radius 3 is 1.13 bits per heavy atom. The molecular formula is C10HF17O4. The van der Waals surface area contributed by atoms with E-state index >= 15 is 0 Å². The highest BCUT2D eigenvalue weighted by molar-refractivity contribution is 5.78. The summed E-state index contributed by atoms with van der Waals surface area (Å²) in [4.78, 5) is 10.2. The molecule has 0 amide bonds. The van der Waals surface area contributed by atoms with Crippen LogP contribution in [0.3, 0.4) is 0 Å². The molecule has 0 aromatic heterocycles. The SMILES string of the molecule is O=C(O)C(F)(F)C1(F)C(F)(F)C(F)(F)C(F)(OC(F)(F)F)C(F)(OC(F)(F)F)C1(F)F. The Bertz CT molecular complexity index is 742. The van der Waals surface area contributed by atoms with Gasteiger partial charge >= 0.3 is 59.8 Å². The second-order valence-corrected chi connectivity index (χ2v) is 5.55. The highest BCUT2D eigenvalue weighted by atomic mass is 19.4. The molecule has 31 heavy (non-hydrogen) atoms. The molecule has 184 valence electrons. The van der Waals surface area contributed by atoms with E-state index in [-0.39, 0.29) is 0 Å². The molecule has 0 heterocycles. The van der Waals surface area contributed by atoms with Gasteiger partial charge in [-0.1, -0.05) is 0 Å². The van der Waals surface area contributed by atoms with E-state index in [2.05, 4.69) is 0 Å². The van der Waals surface area contributed by atoms with E-state index in [0.717, 1.165) is 0 Å². The Balaban J connectivity index is 4.27. The quantitative estimate of drug-likeness (QED) is 0.558. The highest BCUT2D eigenvalue weighted by Gasteiger charge is 3.06. The zero-order valence-corrected chi connectivity index (χ0v) is 13.1. The third-order valence-corrected chi connectivity index (χ3v) is 3.69. The van der Waals surface area contributed by atoms with Gasteiger partial charge in [0, 0.05) is 0 Å². The maximum absolute atomic E-state index is 14.3. The predicted octanol–water partition coefficient (Wildman–Crippen LogP) is 4.74. The Morgan fingerprint density at radius 2 is 0.871 bits per heavy atom. The largest absolute Gasteiger partial charge is 0.525 e. The summed E-state index contributed by atoms with van der Waals surface area (Å²) in [6.07, 6.45) is -14.7. The Kier molecular flexibility index (Phi) is 5.60. The first kappa shape index (κ1) is 27.2. The Hall–Kier alpha value is -1.80. The fourth-order valence-electron chi connectivity index (χ4n) is 2.36. The number of alkyl halides is 17. The topological polar surface area (TPSA) is 55.8 Å². The fourth-order valence-corrected chi connectivity index (χ4v) is 2.36. The molecule has 3 atom stereocenters. The van der Waals surface area contributed by atoms with Crippen molar-refractivity contribution < 1.29 is 94.0 Å². The van der Waals surface area contributed by atoms with Crippen LogP contribution < -0.4 is 0 Å². The molecule has 1 saturated carbocycles. The number of carboxylic acid groups (broad SMARTS) is 1. The highest BCUT2D eigenvalue weighted by Crippen LogP contribution is 2.73. The number of ether oxygens (including phenoxy) is 2. The number of halogens is 17. The van der Waals surface area contributed by atoms with Gasteiger partial charge in [0.1, 0.15) is 0 Å². The second kappa shape index (κ2) is 6.38. The molecule has 3 unspecified atom stereocenters. The van der Waals surface area contributed by atoms with Crippen LogP contribution in [0.25, 0.3) is 0 Å². The van der Waals surface area contributed by atoms with Crippen molar-refractivity contribution in [1.82, 2.24) is 0 Å². The van der Waals surface area contributed by atoms with E-state index < -0.39 is 59.8 Å². The first-order valence-corrected chi connectivity index (χ1v) is 6.46. The van der Waals surface area contributed by atoms with Crippen LogP contribution in [0.15, 0.2) is 0 Å². The third-order valence-electron chi connectivity index (χ3n) is 3.69. The van der Waals surface area contributed by atoms with Crippen LogP contribution in [0.5, 0.6) is 0 Å². The van der Waals surface area contributed by atoms with Crippen LogP contribution >= 0.6 is 0 Å². The molecule has 21 heteroatoms. The maximum Gasteiger partial charge on any atom is 0.525 e. The zero-order valence-electron chi connectivity index (χ0n) is 13.1. The number of rotatable bonds is 4. The molecule has 1 rings (SSSR count). The molecule has 0 bridgehead atoms. The van der Waals surface area contributed by atoms with Gasteiger partial charge in [-0.25, -0.2) is 18.7 Å². The van der Waals surface area contributed by atoms with Gasteiger partial charge in [0.25, 0.3) is 0 Å². The summed E-state index contributed by atoms with van der Waals surface area (Å²) in [6.45, 7) is 0. The standard InChI is InChI=1S/C10HF17O4/c11-2(12,1(28)29)3(13)4(14,15)6(18,19)8(21,31-10(25,26)27)7(20,5(3,16)17)30-9(22,23)24/h(H,28,29). The van der Waals surface area contributed by atoms with E-state index in [1.165, 1.54) is 9.47 Å². The third kappa shape index (κ3) is 3.09. The molecular weight excluding hydrogens is 507 g/mol. The van der Waals surface area contributed by atoms with Gasteiger partial charge in [-0.3, -0.25) is 0 Å². The van der Waals surface area contributed by atoms with Gasteiger partial charge in [0.05, 0.1) is 0 Å². The van der Waals surface area contributed by atoms with Gasteiger partial charge in [-0.2, -0.15) is 43.9 Å². The summed E-state index contributed by atoms with van der Waals surface area (Å²) < 4.78 is 228. The predicted molar refractivity (Wildman–Crippen MR) is 53.2 cm³/mol. The molecule has 0 saturated heterocycles. The lowest BCUT2D eigenvalue weighted by Crippen LogP contribution is -2.91. The summed E-state index contributed by atoms with van der Waals surface area (Å²) in [6, 6.07) is 0. The molecule has 1 aliphatic rings. The summed E-state index contributed by atoms with van der Waals surface area (Å²) >= 11 is 0. The molecule has 0 radical (unpaired) electrons. The van der Waals surface area contributed by atoms with Crippen molar-refractivity contribution in [1.29, 1.82) is 0 Å². The summed E-state index contributed by atoms with van der Waals surface area (Å²) in [5.41, 5.74) is -8.38. The lowest BCUT2D eigenvalue weighted by molar-refractivity contribution is -0.591. The molecule has 0 aromatic rings. The molecule has 4 nitrogen and oxygen atoms in total. The molecule has 1 fully saturated rings. The minimum atomic E-state index is -8.48. The monoisotopic (exact) mass is 508 g/mol. The van der Waals surface area contributed by atoms with Crippen LogP contribution in [-0.4, -0.2) is 64.9 Å². The number of carbonyl (C=O) groups is 1. The smallest absolute Gasteiger partial charge is 0.477 e. The van der Waals surface area contributed by atoms with Crippen LogP contribution in [-0.2, 0) is 14.3 Å². The van der Waals surface area contributed by atoms with Gasteiger partial charge in [0.15, 0.2) is 0 Å². The molecule has 1 N–H and O–H groups in total. The molecule has 0 aromatic carbocycles. The van der Waals surface area contributed by atoms with Crippen LogP contribution in [0, 0.1) is 0 Å². The number of hydrogen-bond acceptors (Lipinski definition) is 3. The van der Waals surface area contributed by atoms with Gasteiger partial charge in [-0.15, -0.1) is 26.3 Å².